The van der Waals surface area contributed by atoms with Crippen LogP contribution in [0.2, 0.25) is 0 Å². The molecule has 0 bridgehead atoms. The molecule has 0 N–H and O–H groups in total. The molecule has 0 atom stereocenters. The summed E-state index contributed by atoms with van der Waals surface area (Å²) in [5.41, 5.74) is 4.95. The molecule has 1 aliphatic rings. The first-order valence-electron chi connectivity index (χ1n) is 8.14. The van der Waals surface area contributed by atoms with E-state index in [0.29, 0.717) is 6.04 Å². The molecule has 0 spiro atoms. The normalized spacial score (nSPS) is 16.3. The van der Waals surface area contributed by atoms with Crippen molar-refractivity contribution in [2.45, 2.75) is 26.8 Å². The Morgan fingerprint density at radius 1 is 0.909 bits per heavy atom. The van der Waals surface area contributed by atoms with E-state index in [0.717, 1.165) is 26.2 Å². The monoisotopic (exact) mass is 295 g/mol. The van der Waals surface area contributed by atoms with Crippen LogP contribution in [0.5, 0.6) is 0 Å². The number of hydrogen-bond acceptors (Lipinski definition) is 3. The Morgan fingerprint density at radius 3 is 2.18 bits per heavy atom. The molecule has 1 aromatic carbocycles. The predicted octanol–water partition coefficient (Wildman–Crippen LogP) is 3.59. The largest absolute Gasteiger partial charge is 0.369 e. The summed E-state index contributed by atoms with van der Waals surface area (Å²) in [5, 5.41) is 0. The molecule has 1 saturated heterocycles. The molecule has 3 rings (SSSR count). The number of nitrogens with zero attached hydrogens (tertiary/aromatic N) is 3. The van der Waals surface area contributed by atoms with Crippen LogP contribution in [0.1, 0.15) is 19.4 Å². The fraction of sp³-hybridized carbons (Fsp3) is 0.421. The van der Waals surface area contributed by atoms with Crippen molar-refractivity contribution >= 4 is 5.69 Å². The fourth-order valence-electron chi connectivity index (χ4n) is 3.07. The number of aromatic nitrogens is 1. The summed E-state index contributed by atoms with van der Waals surface area (Å²) in [6.07, 6.45) is 3.83. The Kier molecular flexibility index (Phi) is 4.44. The van der Waals surface area contributed by atoms with Crippen molar-refractivity contribution < 1.29 is 0 Å². The highest BCUT2D eigenvalue weighted by molar-refractivity contribution is 5.66. The molecule has 1 aromatic heterocycles. The van der Waals surface area contributed by atoms with Crippen molar-refractivity contribution in [3.8, 4) is 11.1 Å². The van der Waals surface area contributed by atoms with Crippen LogP contribution in [0.4, 0.5) is 5.69 Å². The molecule has 0 saturated carbocycles. The van der Waals surface area contributed by atoms with Gasteiger partial charge in [-0.2, -0.15) is 0 Å². The number of rotatable bonds is 3. The van der Waals surface area contributed by atoms with Crippen LogP contribution in [-0.2, 0) is 0 Å². The first-order chi connectivity index (χ1) is 10.6. The number of anilines is 1. The summed E-state index contributed by atoms with van der Waals surface area (Å²) in [4.78, 5) is 9.31. The molecule has 2 heterocycles. The van der Waals surface area contributed by atoms with Gasteiger partial charge in [0.25, 0.3) is 0 Å². The van der Waals surface area contributed by atoms with Gasteiger partial charge in [-0.15, -0.1) is 0 Å². The van der Waals surface area contributed by atoms with Gasteiger partial charge < -0.3 is 4.90 Å². The van der Waals surface area contributed by atoms with Gasteiger partial charge in [0.05, 0.1) is 0 Å². The molecule has 3 nitrogen and oxygen atoms in total. The van der Waals surface area contributed by atoms with E-state index >= 15 is 0 Å². The lowest BCUT2D eigenvalue weighted by Crippen LogP contribution is -2.48. The van der Waals surface area contributed by atoms with Gasteiger partial charge in [-0.25, -0.2) is 0 Å². The van der Waals surface area contributed by atoms with Gasteiger partial charge in [-0.05, 0) is 50.1 Å². The summed E-state index contributed by atoms with van der Waals surface area (Å²) in [5.74, 6) is 0. The number of benzene rings is 1. The zero-order valence-corrected chi connectivity index (χ0v) is 13.8. The van der Waals surface area contributed by atoms with Gasteiger partial charge in [-0.1, -0.05) is 12.1 Å². The third-order valence-electron chi connectivity index (χ3n) is 4.49. The van der Waals surface area contributed by atoms with Crippen molar-refractivity contribution in [3.05, 3.63) is 48.3 Å². The number of aryl methyl sites for hydroxylation is 1. The van der Waals surface area contributed by atoms with Crippen LogP contribution >= 0.6 is 0 Å². The number of hydrogen-bond donors (Lipinski definition) is 0. The Labute approximate surface area is 133 Å². The third-order valence-corrected chi connectivity index (χ3v) is 4.49. The maximum absolute atomic E-state index is 4.28. The highest BCUT2D eigenvalue weighted by Crippen LogP contribution is 2.24. The fourth-order valence-corrected chi connectivity index (χ4v) is 3.07. The molecular formula is C19H25N3. The highest BCUT2D eigenvalue weighted by Gasteiger charge is 2.18. The second-order valence-electron chi connectivity index (χ2n) is 6.41. The van der Waals surface area contributed by atoms with Crippen LogP contribution in [0.25, 0.3) is 11.1 Å². The van der Waals surface area contributed by atoms with Crippen LogP contribution < -0.4 is 4.90 Å². The van der Waals surface area contributed by atoms with Crippen molar-refractivity contribution in [1.82, 2.24) is 9.88 Å². The Balaban J connectivity index is 1.70. The standard InChI is InChI=1S/C19H25N3/c1-15(2)21-8-10-22(11-9-21)19-6-4-17(5-7-19)18-12-16(3)13-20-14-18/h4-7,12-15H,8-11H2,1-3H3. The Morgan fingerprint density at radius 2 is 1.59 bits per heavy atom. The van der Waals surface area contributed by atoms with Gasteiger partial charge in [-0.3, -0.25) is 9.88 Å². The molecule has 2 aromatic rings. The zero-order chi connectivity index (χ0) is 15.5. The minimum atomic E-state index is 0.651. The van der Waals surface area contributed by atoms with E-state index in [1.165, 1.54) is 22.4 Å². The molecule has 3 heteroatoms. The van der Waals surface area contributed by atoms with Gasteiger partial charge in [0.1, 0.15) is 0 Å². The molecule has 1 aliphatic heterocycles. The van der Waals surface area contributed by atoms with Gasteiger partial charge in [0.2, 0.25) is 0 Å². The molecule has 116 valence electrons. The van der Waals surface area contributed by atoms with Crippen molar-refractivity contribution in [2.24, 2.45) is 0 Å². The Hall–Kier alpha value is -1.87. The minimum Gasteiger partial charge on any atom is -0.369 e. The van der Waals surface area contributed by atoms with Crippen molar-refractivity contribution in [1.29, 1.82) is 0 Å². The summed E-state index contributed by atoms with van der Waals surface area (Å²) in [6, 6.07) is 11.7. The molecule has 22 heavy (non-hydrogen) atoms. The molecule has 0 unspecified atom stereocenters. The van der Waals surface area contributed by atoms with E-state index in [1.807, 2.05) is 12.4 Å². The van der Waals surface area contributed by atoms with E-state index in [2.05, 4.69) is 65.9 Å². The lowest BCUT2D eigenvalue weighted by molar-refractivity contribution is 0.209. The maximum Gasteiger partial charge on any atom is 0.0367 e. The number of pyridine rings is 1. The summed E-state index contributed by atoms with van der Waals surface area (Å²) >= 11 is 0. The first kappa shape index (κ1) is 15.0. The topological polar surface area (TPSA) is 19.4 Å². The minimum absolute atomic E-state index is 0.651. The quantitative estimate of drug-likeness (QED) is 0.862. The summed E-state index contributed by atoms with van der Waals surface area (Å²) < 4.78 is 0. The van der Waals surface area contributed by atoms with E-state index in [-0.39, 0.29) is 0 Å². The maximum atomic E-state index is 4.28. The highest BCUT2D eigenvalue weighted by atomic mass is 15.3. The van der Waals surface area contributed by atoms with Gasteiger partial charge in [0, 0.05) is 55.9 Å². The van der Waals surface area contributed by atoms with Crippen LogP contribution in [0.15, 0.2) is 42.7 Å². The smallest absolute Gasteiger partial charge is 0.0367 e. The SMILES string of the molecule is Cc1cncc(-c2ccc(N3CCN(C(C)C)CC3)cc2)c1. The van der Waals surface area contributed by atoms with E-state index < -0.39 is 0 Å². The molecule has 0 aliphatic carbocycles. The lowest BCUT2D eigenvalue weighted by Gasteiger charge is -2.38. The van der Waals surface area contributed by atoms with Gasteiger partial charge in [0.15, 0.2) is 0 Å². The van der Waals surface area contributed by atoms with E-state index in [1.54, 1.807) is 0 Å². The molecule has 0 amide bonds. The third kappa shape index (κ3) is 3.30. The van der Waals surface area contributed by atoms with Crippen molar-refractivity contribution in [3.63, 3.8) is 0 Å². The van der Waals surface area contributed by atoms with E-state index in [9.17, 15) is 0 Å². The van der Waals surface area contributed by atoms with E-state index in [4.69, 9.17) is 0 Å². The Bertz CT molecular complexity index is 611. The molecular weight excluding hydrogens is 270 g/mol. The predicted molar refractivity (Wildman–Crippen MR) is 93.3 cm³/mol. The average molecular weight is 295 g/mol. The zero-order valence-electron chi connectivity index (χ0n) is 13.8. The summed E-state index contributed by atoms with van der Waals surface area (Å²) in [7, 11) is 0. The summed E-state index contributed by atoms with van der Waals surface area (Å²) in [6.45, 7) is 11.2. The first-order valence-corrected chi connectivity index (χ1v) is 8.14. The number of piperazine rings is 1. The van der Waals surface area contributed by atoms with Crippen LogP contribution in [-0.4, -0.2) is 42.1 Å². The van der Waals surface area contributed by atoms with Crippen LogP contribution in [0, 0.1) is 6.92 Å². The second-order valence-corrected chi connectivity index (χ2v) is 6.41. The van der Waals surface area contributed by atoms with Gasteiger partial charge >= 0.3 is 0 Å². The average Bonchev–Trinajstić information content (AvgIpc) is 2.55. The van der Waals surface area contributed by atoms with Crippen molar-refractivity contribution in [2.75, 3.05) is 31.1 Å². The lowest BCUT2D eigenvalue weighted by atomic mass is 10.1. The second kappa shape index (κ2) is 6.49. The van der Waals surface area contributed by atoms with Crippen LogP contribution in [0.3, 0.4) is 0 Å². The molecule has 1 fully saturated rings. The molecule has 0 radical (unpaired) electrons.